The monoisotopic (exact) mass is 382 g/mol. The number of allylic oxidation sites excluding steroid dienone is 2. The third-order valence-corrected chi connectivity index (χ3v) is 5.35. The molecule has 156 valence electrons. The van der Waals surface area contributed by atoms with Gasteiger partial charge >= 0.3 is 5.97 Å². The van der Waals surface area contributed by atoms with E-state index in [4.69, 9.17) is 4.74 Å². The highest BCUT2D eigenvalue weighted by molar-refractivity contribution is 5.78. The molecule has 27 heavy (non-hydrogen) atoms. The van der Waals surface area contributed by atoms with Crippen LogP contribution in [0.3, 0.4) is 0 Å². The number of unbranched alkanes of at least 4 members (excludes halogenated alkanes) is 5. The molecule has 1 saturated carbocycles. The fourth-order valence-electron chi connectivity index (χ4n) is 3.70. The predicted octanol–water partition coefficient (Wildman–Crippen LogP) is 4.10. The zero-order valence-electron chi connectivity index (χ0n) is 17.1. The van der Waals surface area contributed by atoms with Crippen molar-refractivity contribution in [1.82, 2.24) is 0 Å². The number of carbonyl (C=O) groups excluding carboxylic acids is 2. The summed E-state index contributed by atoms with van der Waals surface area (Å²) in [6.45, 7) is 4.10. The van der Waals surface area contributed by atoms with E-state index in [1.54, 1.807) is 0 Å². The maximum Gasteiger partial charge on any atom is 0.306 e. The second-order valence-corrected chi connectivity index (χ2v) is 7.69. The van der Waals surface area contributed by atoms with Crippen molar-refractivity contribution < 1.29 is 24.5 Å². The van der Waals surface area contributed by atoms with Gasteiger partial charge in [-0.3, -0.25) is 9.59 Å². The first-order valence-corrected chi connectivity index (χ1v) is 10.7. The van der Waals surface area contributed by atoms with E-state index in [1.165, 1.54) is 19.3 Å². The van der Waals surface area contributed by atoms with Crippen LogP contribution in [0, 0.1) is 5.92 Å². The van der Waals surface area contributed by atoms with Crippen LogP contribution < -0.4 is 0 Å². The summed E-state index contributed by atoms with van der Waals surface area (Å²) in [5.41, 5.74) is 0. The summed E-state index contributed by atoms with van der Waals surface area (Å²) >= 11 is 0. The SMILES string of the molecule is CC=CCCCC(=O)O[C@@H]1[C@H](CCC(=O)CCCCCCC)[C@H](O)C[C@@H]1O. The summed E-state index contributed by atoms with van der Waals surface area (Å²) in [7, 11) is 0. The first-order chi connectivity index (χ1) is 13.0. The molecule has 5 heteroatoms. The molecule has 0 heterocycles. The highest BCUT2D eigenvalue weighted by Crippen LogP contribution is 2.33. The molecule has 0 amide bonds. The molecular weight excluding hydrogens is 344 g/mol. The Kier molecular flexibility index (Phi) is 12.3. The molecule has 2 N–H and O–H groups in total. The van der Waals surface area contributed by atoms with Gasteiger partial charge in [-0.1, -0.05) is 44.8 Å². The minimum Gasteiger partial charge on any atom is -0.459 e. The van der Waals surface area contributed by atoms with Crippen molar-refractivity contribution in [2.24, 2.45) is 5.92 Å². The highest BCUT2D eigenvalue weighted by atomic mass is 16.6. The summed E-state index contributed by atoms with van der Waals surface area (Å²) in [4.78, 5) is 24.1. The van der Waals surface area contributed by atoms with Crippen molar-refractivity contribution in [3.63, 3.8) is 0 Å². The second-order valence-electron chi connectivity index (χ2n) is 7.69. The van der Waals surface area contributed by atoms with Crippen molar-refractivity contribution in [2.45, 2.75) is 109 Å². The van der Waals surface area contributed by atoms with Gasteiger partial charge in [-0.25, -0.2) is 0 Å². The molecule has 0 aromatic rings. The Hall–Kier alpha value is -1.20. The number of rotatable bonds is 14. The molecule has 1 aliphatic rings. The van der Waals surface area contributed by atoms with Crippen LogP contribution in [0.4, 0.5) is 0 Å². The van der Waals surface area contributed by atoms with Crippen LogP contribution in [0.15, 0.2) is 12.2 Å². The van der Waals surface area contributed by atoms with Crippen LogP contribution in [-0.4, -0.2) is 40.3 Å². The summed E-state index contributed by atoms with van der Waals surface area (Å²) in [6, 6.07) is 0. The number of ketones is 1. The molecule has 0 aromatic heterocycles. The Bertz CT molecular complexity index is 460. The molecule has 0 saturated heterocycles. The highest BCUT2D eigenvalue weighted by Gasteiger charge is 2.44. The Morgan fingerprint density at radius 2 is 1.74 bits per heavy atom. The van der Waals surface area contributed by atoms with Gasteiger partial charge in [0.15, 0.2) is 0 Å². The van der Waals surface area contributed by atoms with Gasteiger partial charge in [0.2, 0.25) is 0 Å². The topological polar surface area (TPSA) is 83.8 Å². The number of hydrogen-bond acceptors (Lipinski definition) is 5. The van der Waals surface area contributed by atoms with Crippen LogP contribution in [0.25, 0.3) is 0 Å². The van der Waals surface area contributed by atoms with E-state index in [2.05, 4.69) is 6.92 Å². The summed E-state index contributed by atoms with van der Waals surface area (Å²) in [6.07, 6.45) is 10.7. The van der Waals surface area contributed by atoms with E-state index < -0.39 is 18.3 Å². The molecule has 4 atom stereocenters. The van der Waals surface area contributed by atoms with Gasteiger partial charge in [-0.2, -0.15) is 0 Å². The lowest BCUT2D eigenvalue weighted by atomic mass is 9.94. The first-order valence-electron chi connectivity index (χ1n) is 10.7. The largest absolute Gasteiger partial charge is 0.459 e. The summed E-state index contributed by atoms with van der Waals surface area (Å²) < 4.78 is 5.46. The molecule has 0 aromatic carbocycles. The minimum atomic E-state index is -0.853. The third kappa shape index (κ3) is 9.52. The van der Waals surface area contributed by atoms with E-state index in [1.807, 2.05) is 19.1 Å². The average Bonchev–Trinajstić information content (AvgIpc) is 2.89. The van der Waals surface area contributed by atoms with Gasteiger partial charge in [0.25, 0.3) is 0 Å². The van der Waals surface area contributed by atoms with Crippen LogP contribution in [0.1, 0.15) is 90.9 Å². The number of carbonyl (C=O) groups is 2. The number of ether oxygens (including phenoxy) is 1. The van der Waals surface area contributed by atoms with E-state index in [-0.39, 0.29) is 24.1 Å². The van der Waals surface area contributed by atoms with Crippen molar-refractivity contribution in [3.8, 4) is 0 Å². The number of aliphatic hydroxyl groups is 2. The van der Waals surface area contributed by atoms with E-state index in [0.717, 1.165) is 19.3 Å². The number of Topliss-reactive ketones (excluding diaryl/α,β-unsaturated/α-hetero) is 1. The maximum atomic E-state index is 12.1. The third-order valence-electron chi connectivity index (χ3n) is 5.35. The zero-order valence-corrected chi connectivity index (χ0v) is 17.1. The van der Waals surface area contributed by atoms with Crippen LogP contribution in [0.2, 0.25) is 0 Å². The lowest BCUT2D eigenvalue weighted by Gasteiger charge is -2.23. The first kappa shape index (κ1) is 23.8. The number of hydrogen-bond donors (Lipinski definition) is 2. The van der Waals surface area contributed by atoms with Gasteiger partial charge < -0.3 is 14.9 Å². The van der Waals surface area contributed by atoms with E-state index in [9.17, 15) is 19.8 Å². The molecular formula is C22H38O5. The van der Waals surface area contributed by atoms with Crippen molar-refractivity contribution >= 4 is 11.8 Å². The van der Waals surface area contributed by atoms with Crippen LogP contribution in [0.5, 0.6) is 0 Å². The fourth-order valence-corrected chi connectivity index (χ4v) is 3.70. The van der Waals surface area contributed by atoms with E-state index in [0.29, 0.717) is 32.1 Å². The quantitative estimate of drug-likeness (QED) is 0.268. The van der Waals surface area contributed by atoms with Gasteiger partial charge in [-0.05, 0) is 32.6 Å². The lowest BCUT2D eigenvalue weighted by Crippen LogP contribution is -2.33. The van der Waals surface area contributed by atoms with Gasteiger partial charge in [0, 0.05) is 31.6 Å². The normalized spacial score (nSPS) is 25.2. The molecule has 0 bridgehead atoms. The zero-order chi connectivity index (χ0) is 20.1. The smallest absolute Gasteiger partial charge is 0.306 e. The van der Waals surface area contributed by atoms with Crippen molar-refractivity contribution in [1.29, 1.82) is 0 Å². The molecule has 0 spiro atoms. The van der Waals surface area contributed by atoms with Gasteiger partial charge in [0.1, 0.15) is 11.9 Å². The molecule has 5 nitrogen and oxygen atoms in total. The molecule has 1 rings (SSSR count). The lowest BCUT2D eigenvalue weighted by molar-refractivity contribution is -0.156. The standard InChI is InChI=1S/C22H38O5/c1-3-5-7-9-10-12-17(23)14-15-18-19(24)16-20(25)22(18)27-21(26)13-11-8-6-4-2/h4,6,18-20,22,24-25H,3,5,7-16H2,1-2H3/t18-,19-,20+,22-/m1/s1. The molecule has 0 aliphatic heterocycles. The van der Waals surface area contributed by atoms with Crippen LogP contribution >= 0.6 is 0 Å². The number of aliphatic hydroxyl groups excluding tert-OH is 2. The Morgan fingerprint density at radius 3 is 2.44 bits per heavy atom. The molecule has 0 radical (unpaired) electrons. The minimum absolute atomic E-state index is 0.191. The average molecular weight is 383 g/mol. The Balaban J connectivity index is 2.37. The van der Waals surface area contributed by atoms with E-state index >= 15 is 0 Å². The molecule has 1 fully saturated rings. The Morgan fingerprint density at radius 1 is 1.00 bits per heavy atom. The molecule has 1 aliphatic carbocycles. The fraction of sp³-hybridized carbons (Fsp3) is 0.818. The van der Waals surface area contributed by atoms with Crippen LogP contribution in [-0.2, 0) is 14.3 Å². The van der Waals surface area contributed by atoms with Gasteiger partial charge in [-0.15, -0.1) is 0 Å². The second kappa shape index (κ2) is 13.9. The maximum absolute atomic E-state index is 12.1. The summed E-state index contributed by atoms with van der Waals surface area (Å²) in [5.74, 6) is -0.509. The Labute approximate surface area is 164 Å². The summed E-state index contributed by atoms with van der Waals surface area (Å²) in [5, 5.41) is 20.3. The van der Waals surface area contributed by atoms with Crippen molar-refractivity contribution in [2.75, 3.05) is 0 Å². The van der Waals surface area contributed by atoms with Gasteiger partial charge in [0.05, 0.1) is 12.2 Å². The van der Waals surface area contributed by atoms with Crippen molar-refractivity contribution in [3.05, 3.63) is 12.2 Å². The predicted molar refractivity (Wildman–Crippen MR) is 106 cm³/mol. The number of esters is 1. The molecule has 0 unspecified atom stereocenters.